The molecule has 0 radical (unpaired) electrons. The van der Waals surface area contributed by atoms with E-state index in [9.17, 15) is 4.79 Å². The van der Waals surface area contributed by atoms with Crippen LogP contribution in [-0.4, -0.2) is 23.0 Å². The number of amidine groups is 1. The number of hydrogen-bond acceptors (Lipinski definition) is 4. The Hall–Kier alpha value is -2.92. The van der Waals surface area contributed by atoms with Crippen molar-refractivity contribution in [2.24, 2.45) is 10.2 Å². The highest BCUT2D eigenvalue weighted by atomic mass is 32.2. The van der Waals surface area contributed by atoms with Crippen LogP contribution in [0.15, 0.2) is 76.9 Å². The SMILES string of the molecule is O=C1CSC(=NN=Cc2ccc(-c3cccc4ccccc34)cc2)N1. The molecule has 122 valence electrons. The van der Waals surface area contributed by atoms with Gasteiger partial charge in [-0.2, -0.15) is 5.10 Å². The van der Waals surface area contributed by atoms with Crippen LogP contribution in [-0.2, 0) is 4.79 Å². The van der Waals surface area contributed by atoms with Gasteiger partial charge < -0.3 is 5.32 Å². The molecule has 0 bridgehead atoms. The third-order valence-electron chi connectivity index (χ3n) is 3.95. The molecule has 1 aliphatic heterocycles. The summed E-state index contributed by atoms with van der Waals surface area (Å²) in [6.45, 7) is 0. The van der Waals surface area contributed by atoms with E-state index in [0.717, 1.165) is 5.56 Å². The number of benzene rings is 3. The topological polar surface area (TPSA) is 53.8 Å². The summed E-state index contributed by atoms with van der Waals surface area (Å²) in [6, 6.07) is 22.9. The first-order chi connectivity index (χ1) is 12.3. The van der Waals surface area contributed by atoms with Crippen LogP contribution in [0.1, 0.15) is 5.56 Å². The first-order valence-corrected chi connectivity index (χ1v) is 8.90. The highest BCUT2D eigenvalue weighted by molar-refractivity contribution is 8.15. The largest absolute Gasteiger partial charge is 0.303 e. The highest BCUT2D eigenvalue weighted by Gasteiger charge is 2.15. The average molecular weight is 345 g/mol. The molecule has 0 saturated carbocycles. The lowest BCUT2D eigenvalue weighted by molar-refractivity contribution is -0.116. The van der Waals surface area contributed by atoms with E-state index in [4.69, 9.17) is 0 Å². The molecule has 3 aromatic carbocycles. The number of fused-ring (bicyclic) bond motifs is 1. The Labute approximate surface area is 149 Å². The van der Waals surface area contributed by atoms with Crippen molar-refractivity contribution in [1.29, 1.82) is 0 Å². The molecule has 5 heteroatoms. The minimum absolute atomic E-state index is 0.0293. The predicted octanol–water partition coefficient (Wildman–Crippen LogP) is 4.06. The highest BCUT2D eigenvalue weighted by Crippen LogP contribution is 2.28. The second kappa shape index (κ2) is 6.91. The van der Waals surface area contributed by atoms with Gasteiger partial charge in [-0.15, -0.1) is 5.10 Å². The molecular formula is C20H15N3OS. The molecule has 1 saturated heterocycles. The molecular weight excluding hydrogens is 330 g/mol. The van der Waals surface area contributed by atoms with E-state index in [0.29, 0.717) is 10.9 Å². The Morgan fingerprint density at radius 2 is 1.76 bits per heavy atom. The molecule has 0 aromatic heterocycles. The van der Waals surface area contributed by atoms with Crippen LogP contribution in [0.25, 0.3) is 21.9 Å². The molecule has 0 aliphatic carbocycles. The van der Waals surface area contributed by atoms with Gasteiger partial charge in [0.05, 0.1) is 12.0 Å². The van der Waals surface area contributed by atoms with E-state index in [1.54, 1.807) is 6.21 Å². The van der Waals surface area contributed by atoms with Crippen LogP contribution in [0.5, 0.6) is 0 Å². The van der Waals surface area contributed by atoms with Gasteiger partial charge in [-0.25, -0.2) is 0 Å². The molecule has 25 heavy (non-hydrogen) atoms. The van der Waals surface area contributed by atoms with Crippen molar-refractivity contribution in [1.82, 2.24) is 5.32 Å². The number of carbonyl (C=O) groups is 1. The number of thioether (sulfide) groups is 1. The Bertz CT molecular complexity index is 988. The number of carbonyl (C=O) groups excluding carboxylic acids is 1. The zero-order chi connectivity index (χ0) is 17.1. The lowest BCUT2D eigenvalue weighted by Gasteiger charge is -2.07. The first-order valence-electron chi connectivity index (χ1n) is 7.91. The number of hydrogen-bond donors (Lipinski definition) is 1. The standard InChI is InChI=1S/C20H15N3OS/c24-19-13-25-20(22-19)23-21-12-14-8-10-16(11-9-14)18-7-3-5-15-4-1-2-6-17(15)18/h1-12H,13H2,(H,22,23,24). The van der Waals surface area contributed by atoms with Gasteiger partial charge in [0.25, 0.3) is 0 Å². The zero-order valence-electron chi connectivity index (χ0n) is 13.3. The maximum Gasteiger partial charge on any atom is 0.236 e. The normalized spacial score (nSPS) is 16.0. The van der Waals surface area contributed by atoms with Crippen molar-refractivity contribution in [2.45, 2.75) is 0 Å². The molecule has 1 fully saturated rings. The Kier molecular flexibility index (Phi) is 4.31. The van der Waals surface area contributed by atoms with Gasteiger partial charge >= 0.3 is 0 Å². The Balaban J connectivity index is 1.57. The van der Waals surface area contributed by atoms with Crippen molar-refractivity contribution in [3.8, 4) is 11.1 Å². The molecule has 0 atom stereocenters. The van der Waals surface area contributed by atoms with Crippen molar-refractivity contribution >= 4 is 39.8 Å². The van der Waals surface area contributed by atoms with Crippen molar-refractivity contribution in [3.05, 3.63) is 72.3 Å². The summed E-state index contributed by atoms with van der Waals surface area (Å²) in [5.41, 5.74) is 3.34. The molecule has 0 spiro atoms. The van der Waals surface area contributed by atoms with Gasteiger partial charge in [0.15, 0.2) is 5.17 Å². The van der Waals surface area contributed by atoms with Gasteiger partial charge in [0.1, 0.15) is 0 Å². The van der Waals surface area contributed by atoms with Gasteiger partial charge in [0, 0.05) is 0 Å². The van der Waals surface area contributed by atoms with Crippen LogP contribution in [0.3, 0.4) is 0 Å². The second-order valence-electron chi connectivity index (χ2n) is 5.64. The second-order valence-corrected chi connectivity index (χ2v) is 6.60. The quantitative estimate of drug-likeness (QED) is 0.575. The molecule has 1 heterocycles. The maximum absolute atomic E-state index is 11.1. The summed E-state index contributed by atoms with van der Waals surface area (Å²) in [5.74, 6) is 0.382. The minimum atomic E-state index is -0.0293. The van der Waals surface area contributed by atoms with E-state index in [2.05, 4.69) is 70.1 Å². The molecule has 4 rings (SSSR count). The van der Waals surface area contributed by atoms with Gasteiger partial charge in [-0.3, -0.25) is 4.79 Å². The monoisotopic (exact) mass is 345 g/mol. The van der Waals surface area contributed by atoms with E-state index in [-0.39, 0.29) is 5.91 Å². The lowest BCUT2D eigenvalue weighted by Crippen LogP contribution is -2.19. The molecule has 4 nitrogen and oxygen atoms in total. The smallest absolute Gasteiger partial charge is 0.236 e. The van der Waals surface area contributed by atoms with Crippen molar-refractivity contribution in [2.75, 3.05) is 5.75 Å². The van der Waals surface area contributed by atoms with E-state index in [1.165, 1.54) is 33.7 Å². The summed E-state index contributed by atoms with van der Waals surface area (Å²) in [4.78, 5) is 11.1. The minimum Gasteiger partial charge on any atom is -0.303 e. The van der Waals surface area contributed by atoms with Gasteiger partial charge in [0.2, 0.25) is 5.91 Å². The number of rotatable bonds is 3. The van der Waals surface area contributed by atoms with Crippen molar-refractivity contribution in [3.63, 3.8) is 0 Å². The number of amides is 1. The number of nitrogens with zero attached hydrogens (tertiary/aromatic N) is 2. The van der Waals surface area contributed by atoms with Crippen LogP contribution in [0.2, 0.25) is 0 Å². The summed E-state index contributed by atoms with van der Waals surface area (Å²) in [5, 5.41) is 13.7. The fourth-order valence-electron chi connectivity index (χ4n) is 2.75. The third-order valence-corrected chi connectivity index (χ3v) is 4.82. The van der Waals surface area contributed by atoms with Crippen molar-refractivity contribution < 1.29 is 4.79 Å². The van der Waals surface area contributed by atoms with Crippen LogP contribution in [0, 0.1) is 0 Å². The maximum atomic E-state index is 11.1. The predicted molar refractivity (Wildman–Crippen MR) is 105 cm³/mol. The molecule has 3 aromatic rings. The average Bonchev–Trinajstić information content (AvgIpc) is 3.07. The van der Waals surface area contributed by atoms with Gasteiger partial charge in [-0.1, -0.05) is 78.5 Å². The fraction of sp³-hybridized carbons (Fsp3) is 0.0500. The first kappa shape index (κ1) is 15.6. The summed E-state index contributed by atoms with van der Waals surface area (Å²) < 4.78 is 0. The summed E-state index contributed by atoms with van der Waals surface area (Å²) in [7, 11) is 0. The van der Waals surface area contributed by atoms with E-state index in [1.807, 2.05) is 12.1 Å². The Morgan fingerprint density at radius 3 is 2.56 bits per heavy atom. The fourth-order valence-corrected chi connectivity index (χ4v) is 3.38. The zero-order valence-corrected chi connectivity index (χ0v) is 14.2. The van der Waals surface area contributed by atoms with E-state index < -0.39 is 0 Å². The van der Waals surface area contributed by atoms with Crippen LogP contribution < -0.4 is 5.32 Å². The molecule has 0 unspecified atom stereocenters. The number of nitrogens with one attached hydrogen (secondary N) is 1. The molecule has 1 N–H and O–H groups in total. The third kappa shape index (κ3) is 3.46. The lowest BCUT2D eigenvalue weighted by atomic mass is 9.98. The summed E-state index contributed by atoms with van der Waals surface area (Å²) >= 11 is 1.36. The van der Waals surface area contributed by atoms with Gasteiger partial charge in [-0.05, 0) is 27.5 Å². The Morgan fingerprint density at radius 1 is 0.960 bits per heavy atom. The molecule has 1 amide bonds. The van der Waals surface area contributed by atoms with Crippen LogP contribution in [0.4, 0.5) is 0 Å². The van der Waals surface area contributed by atoms with Crippen LogP contribution >= 0.6 is 11.8 Å². The molecule has 1 aliphatic rings. The van der Waals surface area contributed by atoms with E-state index >= 15 is 0 Å². The summed E-state index contributed by atoms with van der Waals surface area (Å²) in [6.07, 6.45) is 1.69.